The minimum Gasteiger partial charge on any atom is -0.383 e. The molecule has 8 heteroatoms. The number of nitrogens with one attached hydrogen (secondary N) is 1. The topological polar surface area (TPSA) is 75.0 Å². The Morgan fingerprint density at radius 1 is 1.09 bits per heavy atom. The van der Waals surface area contributed by atoms with Gasteiger partial charge in [-0.2, -0.15) is 0 Å². The number of carbonyl (C=O) groups excluding carboxylic acids is 1. The highest BCUT2D eigenvalue weighted by molar-refractivity contribution is 6.05. The zero-order valence-corrected chi connectivity index (χ0v) is 19.4. The highest BCUT2D eigenvalue weighted by Crippen LogP contribution is 2.27. The average Bonchev–Trinajstić information content (AvgIpc) is 3.07. The highest BCUT2D eigenvalue weighted by atomic mass is 16.5. The molecule has 4 heterocycles. The number of benzene rings is 1. The van der Waals surface area contributed by atoms with Crippen LogP contribution in [0.5, 0.6) is 0 Å². The van der Waals surface area contributed by atoms with Gasteiger partial charge in [0.25, 0.3) is 5.91 Å². The van der Waals surface area contributed by atoms with Crippen LogP contribution < -0.4 is 10.2 Å². The second kappa shape index (κ2) is 8.96. The number of para-hydroxylation sites is 2. The van der Waals surface area contributed by atoms with E-state index in [9.17, 15) is 4.79 Å². The molecule has 1 unspecified atom stereocenters. The average molecular weight is 447 g/mol. The molecule has 8 nitrogen and oxygen atoms in total. The van der Waals surface area contributed by atoms with Gasteiger partial charge in [0.15, 0.2) is 5.65 Å². The Balaban J connectivity index is 1.67. The van der Waals surface area contributed by atoms with E-state index in [1.54, 1.807) is 7.11 Å². The number of hydrogen-bond donors (Lipinski definition) is 1. The monoisotopic (exact) mass is 446 g/mol. The van der Waals surface area contributed by atoms with Gasteiger partial charge in [-0.3, -0.25) is 9.20 Å². The lowest BCUT2D eigenvalue weighted by Crippen LogP contribution is -2.35. The van der Waals surface area contributed by atoms with Gasteiger partial charge in [0.2, 0.25) is 0 Å². The van der Waals surface area contributed by atoms with Gasteiger partial charge in [0.05, 0.1) is 23.2 Å². The number of ether oxygens (including phenoxy) is 1. The molecule has 1 saturated heterocycles. The maximum Gasteiger partial charge on any atom is 0.255 e. The number of nitrogens with zero attached hydrogens (tertiary/aromatic N) is 5. The van der Waals surface area contributed by atoms with Gasteiger partial charge in [0, 0.05) is 38.2 Å². The fourth-order valence-corrected chi connectivity index (χ4v) is 4.59. The van der Waals surface area contributed by atoms with Crippen molar-refractivity contribution < 1.29 is 9.53 Å². The third kappa shape index (κ3) is 4.12. The SMILES string of the molecule is COCC(C)NC(=O)c1cc2ccc(N3CCCN(C)CC3)nc2n2c1nc1ccccc12. The maximum absolute atomic E-state index is 13.2. The molecule has 5 rings (SSSR count). The molecule has 3 aromatic heterocycles. The van der Waals surface area contributed by atoms with Crippen LogP contribution in [0.3, 0.4) is 0 Å². The summed E-state index contributed by atoms with van der Waals surface area (Å²) in [7, 11) is 3.79. The molecule has 1 fully saturated rings. The highest BCUT2D eigenvalue weighted by Gasteiger charge is 2.21. The van der Waals surface area contributed by atoms with E-state index in [-0.39, 0.29) is 11.9 Å². The van der Waals surface area contributed by atoms with Crippen molar-refractivity contribution in [3.05, 3.63) is 48.0 Å². The van der Waals surface area contributed by atoms with Crippen molar-refractivity contribution in [1.82, 2.24) is 24.6 Å². The van der Waals surface area contributed by atoms with Gasteiger partial charge < -0.3 is 19.9 Å². The Hall–Kier alpha value is -3.23. The second-order valence-electron chi connectivity index (χ2n) is 8.87. The molecule has 4 aromatic rings. The zero-order valence-electron chi connectivity index (χ0n) is 19.4. The molecule has 0 spiro atoms. The predicted molar refractivity (Wildman–Crippen MR) is 131 cm³/mol. The van der Waals surface area contributed by atoms with Crippen LogP contribution in [0.1, 0.15) is 23.7 Å². The van der Waals surface area contributed by atoms with Gasteiger partial charge >= 0.3 is 0 Å². The van der Waals surface area contributed by atoms with Crippen LogP contribution in [0.25, 0.3) is 27.7 Å². The van der Waals surface area contributed by atoms with E-state index in [1.165, 1.54) is 0 Å². The smallest absolute Gasteiger partial charge is 0.255 e. The number of likely N-dealkylation sites (N-methyl/N-ethyl adjacent to an activating group) is 1. The van der Waals surface area contributed by atoms with E-state index in [1.807, 2.05) is 41.7 Å². The number of rotatable bonds is 5. The van der Waals surface area contributed by atoms with Crippen molar-refractivity contribution >= 4 is 39.4 Å². The molecule has 33 heavy (non-hydrogen) atoms. The van der Waals surface area contributed by atoms with Crippen molar-refractivity contribution in [1.29, 1.82) is 0 Å². The quantitative estimate of drug-likeness (QED) is 0.508. The van der Waals surface area contributed by atoms with E-state index in [4.69, 9.17) is 14.7 Å². The normalized spacial score (nSPS) is 16.4. The van der Waals surface area contributed by atoms with Gasteiger partial charge in [0.1, 0.15) is 11.5 Å². The van der Waals surface area contributed by atoms with Crippen molar-refractivity contribution in [3.63, 3.8) is 0 Å². The lowest BCUT2D eigenvalue weighted by Gasteiger charge is -2.22. The van der Waals surface area contributed by atoms with Gasteiger partial charge in [-0.15, -0.1) is 0 Å². The molecule has 0 saturated carbocycles. The zero-order chi connectivity index (χ0) is 22.9. The Kier molecular flexibility index (Phi) is 5.86. The molecule has 1 atom stereocenters. The van der Waals surface area contributed by atoms with E-state index >= 15 is 0 Å². The summed E-state index contributed by atoms with van der Waals surface area (Å²) >= 11 is 0. The van der Waals surface area contributed by atoms with Crippen molar-refractivity contribution in [2.24, 2.45) is 0 Å². The third-order valence-electron chi connectivity index (χ3n) is 6.29. The van der Waals surface area contributed by atoms with Gasteiger partial charge in [-0.1, -0.05) is 12.1 Å². The van der Waals surface area contributed by atoms with Crippen LogP contribution >= 0.6 is 0 Å². The largest absolute Gasteiger partial charge is 0.383 e. The van der Waals surface area contributed by atoms with E-state index in [0.717, 1.165) is 60.5 Å². The molecule has 1 aliphatic rings. The fourth-order valence-electron chi connectivity index (χ4n) is 4.59. The number of anilines is 1. The fraction of sp³-hybridized carbons (Fsp3) is 0.400. The van der Waals surface area contributed by atoms with Crippen LogP contribution in [0.2, 0.25) is 0 Å². The Labute approximate surface area is 193 Å². The Morgan fingerprint density at radius 3 is 2.79 bits per heavy atom. The number of hydrogen-bond acceptors (Lipinski definition) is 6. The van der Waals surface area contributed by atoms with E-state index < -0.39 is 0 Å². The van der Waals surface area contributed by atoms with Crippen LogP contribution in [-0.2, 0) is 4.74 Å². The molecule has 1 aliphatic heterocycles. The number of aromatic nitrogens is 3. The molecule has 1 amide bonds. The number of methoxy groups -OCH3 is 1. The first-order chi connectivity index (χ1) is 16.0. The number of pyridine rings is 2. The van der Waals surface area contributed by atoms with Crippen molar-refractivity contribution in [2.45, 2.75) is 19.4 Å². The lowest BCUT2D eigenvalue weighted by molar-refractivity contribution is 0.0907. The summed E-state index contributed by atoms with van der Waals surface area (Å²) in [6.45, 7) is 6.41. The summed E-state index contributed by atoms with van der Waals surface area (Å²) in [6.07, 6.45) is 1.11. The summed E-state index contributed by atoms with van der Waals surface area (Å²) in [6, 6.07) is 13.9. The van der Waals surface area contributed by atoms with Gasteiger partial charge in [-0.25, -0.2) is 9.97 Å². The van der Waals surface area contributed by atoms with Crippen LogP contribution in [0.4, 0.5) is 5.82 Å². The van der Waals surface area contributed by atoms with Crippen LogP contribution in [0, 0.1) is 0 Å². The summed E-state index contributed by atoms with van der Waals surface area (Å²) in [5, 5.41) is 3.93. The molecule has 1 aromatic carbocycles. The second-order valence-corrected chi connectivity index (χ2v) is 8.87. The summed E-state index contributed by atoms with van der Waals surface area (Å²) in [5.41, 5.74) is 3.75. The number of carbonyl (C=O) groups is 1. The minimum absolute atomic E-state index is 0.107. The molecular formula is C25H30N6O2. The number of imidazole rings is 1. The molecule has 0 radical (unpaired) electrons. The summed E-state index contributed by atoms with van der Waals surface area (Å²) < 4.78 is 7.20. The predicted octanol–water partition coefficient (Wildman–Crippen LogP) is 2.94. The first kappa shape index (κ1) is 21.6. The maximum atomic E-state index is 13.2. The molecule has 0 bridgehead atoms. The molecular weight excluding hydrogens is 416 g/mol. The molecule has 1 N–H and O–H groups in total. The number of fused-ring (bicyclic) bond motifs is 5. The first-order valence-electron chi connectivity index (χ1n) is 11.5. The molecule has 172 valence electrons. The van der Waals surface area contributed by atoms with E-state index in [0.29, 0.717) is 17.8 Å². The van der Waals surface area contributed by atoms with Crippen LogP contribution in [0.15, 0.2) is 42.5 Å². The Bertz CT molecular complexity index is 1320. The lowest BCUT2D eigenvalue weighted by atomic mass is 10.1. The van der Waals surface area contributed by atoms with Crippen LogP contribution in [-0.4, -0.2) is 78.2 Å². The molecule has 0 aliphatic carbocycles. The Morgan fingerprint density at radius 2 is 1.94 bits per heavy atom. The standard InChI is InChI=1S/C25H30N6O2/c1-17(16-33-3)26-25(32)19-15-18-9-10-22(30-12-6-11-29(2)13-14-30)28-23(18)31-21-8-5-4-7-20(21)27-24(19)31/h4-5,7-10,15,17H,6,11-14,16H2,1-3H3,(H,26,32). The van der Waals surface area contributed by atoms with Gasteiger partial charge in [-0.05, 0) is 57.3 Å². The third-order valence-corrected chi connectivity index (χ3v) is 6.29. The first-order valence-corrected chi connectivity index (χ1v) is 11.5. The summed E-state index contributed by atoms with van der Waals surface area (Å²) in [4.78, 5) is 27.8. The number of amides is 1. The van der Waals surface area contributed by atoms with E-state index in [2.05, 4.69) is 34.3 Å². The minimum atomic E-state index is -0.165. The van der Waals surface area contributed by atoms with Crippen molar-refractivity contribution in [2.75, 3.05) is 51.8 Å². The summed E-state index contributed by atoms with van der Waals surface area (Å²) in [5.74, 6) is 0.796. The van der Waals surface area contributed by atoms with Crippen molar-refractivity contribution in [3.8, 4) is 0 Å².